The molecule has 0 saturated heterocycles. The number of fused-ring (bicyclic) bond motifs is 2. The Hall–Kier alpha value is -2.10. The molecule has 2 aromatic rings. The summed E-state index contributed by atoms with van der Waals surface area (Å²) in [5.41, 5.74) is 2.38. The number of aromatic nitrogens is 2. The van der Waals surface area contributed by atoms with Crippen LogP contribution < -0.4 is 5.32 Å². The Bertz CT molecular complexity index is 695. The maximum Gasteiger partial charge on any atom is 0.220 e. The summed E-state index contributed by atoms with van der Waals surface area (Å²) in [6, 6.07) is 10.2. The number of hydrogen-bond donors (Lipinski definition) is 1. The van der Waals surface area contributed by atoms with Crippen molar-refractivity contribution in [3.05, 3.63) is 53.9 Å². The Kier molecular flexibility index (Phi) is 4.37. The molecule has 24 heavy (non-hydrogen) atoms. The third kappa shape index (κ3) is 3.37. The lowest BCUT2D eigenvalue weighted by Crippen LogP contribution is -2.27. The molecule has 126 valence electrons. The standard InChI is InChI=1S/C20H25N3O/c24-20(12-19-11-15-6-7-16(19)10-15)21-13-17-4-1-2-5-18(17)14-23-9-3-8-22-23/h1-5,8-9,15-16,19H,6-7,10-14H2,(H,21,24). The number of carbonyl (C=O) groups excluding carboxylic acids is 1. The van der Waals surface area contributed by atoms with E-state index < -0.39 is 0 Å². The first-order valence-electron chi connectivity index (χ1n) is 9.09. The van der Waals surface area contributed by atoms with Crippen molar-refractivity contribution >= 4 is 5.91 Å². The van der Waals surface area contributed by atoms with Gasteiger partial charge in [-0.3, -0.25) is 9.48 Å². The van der Waals surface area contributed by atoms with E-state index in [1.54, 1.807) is 6.20 Å². The topological polar surface area (TPSA) is 46.9 Å². The van der Waals surface area contributed by atoms with Gasteiger partial charge in [-0.25, -0.2) is 0 Å². The first-order valence-corrected chi connectivity index (χ1v) is 9.09. The van der Waals surface area contributed by atoms with E-state index in [1.807, 2.05) is 29.1 Å². The van der Waals surface area contributed by atoms with Crippen LogP contribution in [0.3, 0.4) is 0 Å². The van der Waals surface area contributed by atoms with Crippen molar-refractivity contribution in [3.8, 4) is 0 Å². The van der Waals surface area contributed by atoms with Gasteiger partial charge in [0.15, 0.2) is 0 Å². The van der Waals surface area contributed by atoms with Crippen LogP contribution in [0.25, 0.3) is 0 Å². The summed E-state index contributed by atoms with van der Waals surface area (Å²) in [4.78, 5) is 12.3. The number of rotatable bonds is 6. The minimum atomic E-state index is 0.210. The van der Waals surface area contributed by atoms with E-state index in [2.05, 4.69) is 22.5 Å². The summed E-state index contributed by atoms with van der Waals surface area (Å²) in [6.07, 6.45) is 9.84. The molecule has 2 aliphatic rings. The third-order valence-electron chi connectivity index (χ3n) is 5.82. The van der Waals surface area contributed by atoms with Crippen LogP contribution in [0.4, 0.5) is 0 Å². The number of benzene rings is 1. The largest absolute Gasteiger partial charge is 0.352 e. The Morgan fingerprint density at radius 3 is 2.75 bits per heavy atom. The van der Waals surface area contributed by atoms with Crippen LogP contribution in [0.15, 0.2) is 42.7 Å². The highest BCUT2D eigenvalue weighted by molar-refractivity contribution is 5.76. The molecule has 4 nitrogen and oxygen atoms in total. The summed E-state index contributed by atoms with van der Waals surface area (Å²) >= 11 is 0. The number of nitrogens with one attached hydrogen (secondary N) is 1. The maximum atomic E-state index is 12.3. The van der Waals surface area contributed by atoms with Gasteiger partial charge in [-0.1, -0.05) is 30.7 Å². The second kappa shape index (κ2) is 6.80. The van der Waals surface area contributed by atoms with Gasteiger partial charge in [-0.05, 0) is 54.2 Å². The number of carbonyl (C=O) groups is 1. The quantitative estimate of drug-likeness (QED) is 0.886. The highest BCUT2D eigenvalue weighted by Gasteiger charge is 2.39. The Morgan fingerprint density at radius 1 is 1.17 bits per heavy atom. The molecule has 4 rings (SSSR count). The zero-order chi connectivity index (χ0) is 16.4. The van der Waals surface area contributed by atoms with Gasteiger partial charge in [-0.15, -0.1) is 0 Å². The molecule has 0 radical (unpaired) electrons. The number of amides is 1. The normalized spacial score (nSPS) is 25.1. The second-order valence-corrected chi connectivity index (χ2v) is 7.39. The highest BCUT2D eigenvalue weighted by atomic mass is 16.1. The molecule has 1 heterocycles. The zero-order valence-corrected chi connectivity index (χ0v) is 14.0. The molecule has 3 unspecified atom stereocenters. The number of nitrogens with zero attached hydrogens (tertiary/aromatic N) is 2. The first kappa shape index (κ1) is 15.4. The van der Waals surface area contributed by atoms with Gasteiger partial charge >= 0.3 is 0 Å². The van der Waals surface area contributed by atoms with Crippen molar-refractivity contribution < 1.29 is 4.79 Å². The molecule has 2 aliphatic carbocycles. The molecule has 2 bridgehead atoms. The van der Waals surface area contributed by atoms with Crippen molar-refractivity contribution in [1.29, 1.82) is 0 Å². The summed E-state index contributed by atoms with van der Waals surface area (Å²) in [5, 5.41) is 7.40. The van der Waals surface area contributed by atoms with Gasteiger partial charge < -0.3 is 5.32 Å². The van der Waals surface area contributed by atoms with Crippen LogP contribution in [0.5, 0.6) is 0 Å². The fourth-order valence-electron chi connectivity index (χ4n) is 4.58. The van der Waals surface area contributed by atoms with Crippen molar-refractivity contribution in [1.82, 2.24) is 15.1 Å². The average Bonchev–Trinajstić information content (AvgIpc) is 3.32. The summed E-state index contributed by atoms with van der Waals surface area (Å²) in [7, 11) is 0. The first-order chi connectivity index (χ1) is 11.8. The van der Waals surface area contributed by atoms with Crippen molar-refractivity contribution in [2.45, 2.75) is 45.2 Å². The van der Waals surface area contributed by atoms with E-state index in [-0.39, 0.29) is 5.91 Å². The summed E-state index contributed by atoms with van der Waals surface area (Å²) in [5.74, 6) is 2.56. The predicted octanol–water partition coefficient (Wildman–Crippen LogP) is 3.37. The molecule has 1 N–H and O–H groups in total. The SMILES string of the molecule is O=C(CC1CC2CCC1C2)NCc1ccccc1Cn1cccn1. The van der Waals surface area contributed by atoms with Crippen LogP contribution in [0, 0.1) is 17.8 Å². The van der Waals surface area contributed by atoms with Gasteiger partial charge in [0.1, 0.15) is 0 Å². The van der Waals surface area contributed by atoms with E-state index >= 15 is 0 Å². The molecule has 0 spiro atoms. The third-order valence-corrected chi connectivity index (χ3v) is 5.82. The Balaban J connectivity index is 1.33. The lowest BCUT2D eigenvalue weighted by Gasteiger charge is -2.21. The van der Waals surface area contributed by atoms with Gasteiger partial charge in [0.25, 0.3) is 0 Å². The Labute approximate surface area is 143 Å². The van der Waals surface area contributed by atoms with Crippen molar-refractivity contribution in [2.75, 3.05) is 0 Å². The summed E-state index contributed by atoms with van der Waals surface area (Å²) < 4.78 is 1.91. The maximum absolute atomic E-state index is 12.3. The highest BCUT2D eigenvalue weighted by Crippen LogP contribution is 2.49. The van der Waals surface area contributed by atoms with E-state index in [9.17, 15) is 4.79 Å². The molecule has 0 aliphatic heterocycles. The van der Waals surface area contributed by atoms with E-state index in [4.69, 9.17) is 0 Å². The lowest BCUT2D eigenvalue weighted by atomic mass is 9.86. The fourth-order valence-corrected chi connectivity index (χ4v) is 4.58. The lowest BCUT2D eigenvalue weighted by molar-refractivity contribution is -0.122. The molecule has 1 amide bonds. The number of hydrogen-bond acceptors (Lipinski definition) is 2. The monoisotopic (exact) mass is 323 g/mol. The van der Waals surface area contributed by atoms with Crippen LogP contribution in [-0.2, 0) is 17.9 Å². The van der Waals surface area contributed by atoms with Crippen molar-refractivity contribution in [2.24, 2.45) is 17.8 Å². The second-order valence-electron chi connectivity index (χ2n) is 7.39. The Morgan fingerprint density at radius 2 is 2.04 bits per heavy atom. The van der Waals surface area contributed by atoms with E-state index in [0.29, 0.717) is 18.9 Å². The average molecular weight is 323 g/mol. The molecular formula is C20H25N3O. The molecule has 2 saturated carbocycles. The summed E-state index contributed by atoms with van der Waals surface area (Å²) in [6.45, 7) is 1.35. The fraction of sp³-hybridized carbons (Fsp3) is 0.500. The minimum absolute atomic E-state index is 0.210. The molecule has 3 atom stereocenters. The molecular weight excluding hydrogens is 298 g/mol. The smallest absolute Gasteiger partial charge is 0.220 e. The minimum Gasteiger partial charge on any atom is -0.352 e. The van der Waals surface area contributed by atoms with Gasteiger partial charge in [-0.2, -0.15) is 5.10 Å². The molecule has 1 aromatic heterocycles. The van der Waals surface area contributed by atoms with E-state index in [1.165, 1.54) is 36.8 Å². The van der Waals surface area contributed by atoms with Crippen LogP contribution in [0.1, 0.15) is 43.2 Å². The van der Waals surface area contributed by atoms with Gasteiger partial charge in [0, 0.05) is 25.4 Å². The molecule has 4 heteroatoms. The molecule has 2 fully saturated rings. The van der Waals surface area contributed by atoms with Crippen LogP contribution >= 0.6 is 0 Å². The predicted molar refractivity (Wildman–Crippen MR) is 93.2 cm³/mol. The van der Waals surface area contributed by atoms with Gasteiger partial charge in [0.05, 0.1) is 6.54 Å². The molecule has 1 aromatic carbocycles. The van der Waals surface area contributed by atoms with Gasteiger partial charge in [0.2, 0.25) is 5.91 Å². The van der Waals surface area contributed by atoms with Crippen molar-refractivity contribution in [3.63, 3.8) is 0 Å². The zero-order valence-electron chi connectivity index (χ0n) is 14.0. The van der Waals surface area contributed by atoms with Crippen LogP contribution in [0.2, 0.25) is 0 Å². The van der Waals surface area contributed by atoms with E-state index in [0.717, 1.165) is 18.4 Å². The van der Waals surface area contributed by atoms with Crippen LogP contribution in [-0.4, -0.2) is 15.7 Å².